The number of imidazole rings is 1. The Labute approximate surface area is 107 Å². The summed E-state index contributed by atoms with van der Waals surface area (Å²) < 4.78 is 2.06. The molecule has 0 aliphatic carbocycles. The first-order valence-electron chi connectivity index (χ1n) is 4.83. The van der Waals surface area contributed by atoms with Crippen molar-refractivity contribution in [2.24, 2.45) is 0 Å². The molecule has 0 spiro atoms. The SMILES string of the molecule is Cc1[nH]c(C)[n+](CN(C)C(=O)CCl)c1C.[Cl-]. The van der Waals surface area contributed by atoms with Gasteiger partial charge >= 0.3 is 0 Å². The minimum atomic E-state index is -0.0678. The number of alkyl halides is 1. The van der Waals surface area contributed by atoms with E-state index in [0.717, 1.165) is 17.2 Å². The molecule has 4 nitrogen and oxygen atoms in total. The lowest BCUT2D eigenvalue weighted by Gasteiger charge is -2.14. The van der Waals surface area contributed by atoms with Crippen LogP contribution in [0.1, 0.15) is 17.2 Å². The zero-order valence-corrected chi connectivity index (χ0v) is 11.5. The number of nitrogens with zero attached hydrogens (tertiary/aromatic N) is 2. The molecule has 0 aromatic carbocycles. The Morgan fingerprint density at radius 2 is 2.00 bits per heavy atom. The zero-order valence-electron chi connectivity index (χ0n) is 9.97. The standard InChI is InChI=1S/C10H16ClN3O.ClH/c1-7-8(2)14(9(3)12-7)6-13(4)10(15)5-11;/h5-6H2,1-4H3;1H. The van der Waals surface area contributed by atoms with Crippen LogP contribution in [0.2, 0.25) is 0 Å². The molecule has 1 N–H and O–H groups in total. The fourth-order valence-corrected chi connectivity index (χ4v) is 1.69. The number of carbonyl (C=O) groups is 1. The summed E-state index contributed by atoms with van der Waals surface area (Å²) in [5, 5.41) is 0. The molecule has 1 amide bonds. The van der Waals surface area contributed by atoms with Crippen LogP contribution in [0, 0.1) is 20.8 Å². The van der Waals surface area contributed by atoms with Gasteiger partial charge in [0.2, 0.25) is 5.91 Å². The van der Waals surface area contributed by atoms with Gasteiger partial charge in [0.15, 0.2) is 6.67 Å². The average Bonchev–Trinajstić information content (AvgIpc) is 2.43. The molecule has 6 heteroatoms. The van der Waals surface area contributed by atoms with Crippen molar-refractivity contribution in [3.8, 4) is 0 Å². The predicted octanol–water partition coefficient (Wildman–Crippen LogP) is -2.11. The molecule has 0 saturated heterocycles. The fourth-order valence-electron chi connectivity index (χ4n) is 1.49. The van der Waals surface area contributed by atoms with Crippen LogP contribution in [-0.4, -0.2) is 28.7 Å². The fraction of sp³-hybridized carbons (Fsp3) is 0.600. The van der Waals surface area contributed by atoms with E-state index in [1.807, 2.05) is 20.8 Å². The van der Waals surface area contributed by atoms with Crippen LogP contribution in [-0.2, 0) is 11.5 Å². The number of aromatic amines is 1. The van der Waals surface area contributed by atoms with Crippen LogP contribution >= 0.6 is 11.6 Å². The first-order valence-corrected chi connectivity index (χ1v) is 5.36. The number of hydrogen-bond donors (Lipinski definition) is 1. The van der Waals surface area contributed by atoms with Gasteiger partial charge in [0.1, 0.15) is 17.3 Å². The number of rotatable bonds is 3. The van der Waals surface area contributed by atoms with E-state index in [-0.39, 0.29) is 24.2 Å². The van der Waals surface area contributed by atoms with Gasteiger partial charge in [0.25, 0.3) is 5.82 Å². The highest BCUT2D eigenvalue weighted by atomic mass is 35.5. The molecule has 0 saturated carbocycles. The number of aryl methyl sites for hydroxylation is 2. The van der Waals surface area contributed by atoms with E-state index in [0.29, 0.717) is 6.67 Å². The molecular weight excluding hydrogens is 249 g/mol. The first kappa shape index (κ1) is 15.3. The molecule has 1 aromatic heterocycles. The minimum absolute atomic E-state index is 0. The summed E-state index contributed by atoms with van der Waals surface area (Å²) >= 11 is 5.49. The molecular formula is C10H17Cl2N3O. The molecule has 0 atom stereocenters. The van der Waals surface area contributed by atoms with E-state index in [4.69, 9.17) is 11.6 Å². The molecule has 1 heterocycles. The maximum absolute atomic E-state index is 11.3. The normalized spacial score (nSPS) is 9.81. The zero-order chi connectivity index (χ0) is 11.6. The van der Waals surface area contributed by atoms with Crippen molar-refractivity contribution >= 4 is 17.5 Å². The Morgan fingerprint density at radius 3 is 2.38 bits per heavy atom. The Balaban J connectivity index is 0.00000225. The Kier molecular flexibility index (Phi) is 5.83. The third kappa shape index (κ3) is 3.12. The molecule has 0 bridgehead atoms. The quantitative estimate of drug-likeness (QED) is 0.493. The van der Waals surface area contributed by atoms with Crippen molar-refractivity contribution in [2.45, 2.75) is 27.4 Å². The summed E-state index contributed by atoms with van der Waals surface area (Å²) in [5.74, 6) is 1.000. The van der Waals surface area contributed by atoms with Crippen LogP contribution in [0.5, 0.6) is 0 Å². The number of H-pyrrole nitrogens is 1. The highest BCUT2D eigenvalue weighted by molar-refractivity contribution is 6.27. The topological polar surface area (TPSA) is 40.0 Å². The first-order chi connectivity index (χ1) is 6.97. The molecule has 0 fully saturated rings. The summed E-state index contributed by atoms with van der Waals surface area (Å²) in [5.41, 5.74) is 2.26. The maximum Gasteiger partial charge on any atom is 0.252 e. The molecule has 1 rings (SSSR count). The third-order valence-corrected chi connectivity index (χ3v) is 2.84. The Bertz CT molecular complexity index is 376. The summed E-state index contributed by atoms with van der Waals surface area (Å²) in [6.45, 7) is 6.56. The minimum Gasteiger partial charge on any atom is -1.00 e. The number of hydrogen-bond acceptors (Lipinski definition) is 1. The number of nitrogens with one attached hydrogen (secondary N) is 1. The molecule has 92 valence electrons. The van der Waals surface area contributed by atoms with Crippen molar-refractivity contribution in [1.29, 1.82) is 0 Å². The summed E-state index contributed by atoms with van der Waals surface area (Å²) in [6.07, 6.45) is 0. The average molecular weight is 266 g/mol. The second-order valence-corrected chi connectivity index (χ2v) is 3.98. The molecule has 16 heavy (non-hydrogen) atoms. The van der Waals surface area contributed by atoms with E-state index in [2.05, 4.69) is 9.55 Å². The summed E-state index contributed by atoms with van der Waals surface area (Å²) in [7, 11) is 1.75. The van der Waals surface area contributed by atoms with Gasteiger partial charge in [-0.05, 0) is 0 Å². The molecule has 0 aliphatic heterocycles. The molecule has 0 aliphatic rings. The Morgan fingerprint density at radius 1 is 1.44 bits per heavy atom. The number of halogens is 2. The van der Waals surface area contributed by atoms with E-state index in [1.165, 1.54) is 0 Å². The van der Waals surface area contributed by atoms with Crippen LogP contribution in [0.3, 0.4) is 0 Å². The lowest BCUT2D eigenvalue weighted by Crippen LogP contribution is -3.00. The third-order valence-electron chi connectivity index (χ3n) is 2.61. The smallest absolute Gasteiger partial charge is 0.252 e. The largest absolute Gasteiger partial charge is 1.00 e. The molecule has 0 radical (unpaired) electrons. The van der Waals surface area contributed by atoms with Gasteiger partial charge in [0, 0.05) is 27.8 Å². The highest BCUT2D eigenvalue weighted by Crippen LogP contribution is 2.00. The molecule has 0 unspecified atom stereocenters. The van der Waals surface area contributed by atoms with E-state index in [9.17, 15) is 4.79 Å². The second kappa shape index (κ2) is 6.11. The van der Waals surface area contributed by atoms with Gasteiger partial charge in [-0.25, -0.2) is 9.55 Å². The summed E-state index contributed by atoms with van der Waals surface area (Å²) in [6, 6.07) is 0. The lowest BCUT2D eigenvalue weighted by atomic mass is 10.4. The van der Waals surface area contributed by atoms with Crippen molar-refractivity contribution in [3.05, 3.63) is 17.2 Å². The van der Waals surface area contributed by atoms with Crippen molar-refractivity contribution < 1.29 is 21.8 Å². The maximum atomic E-state index is 11.3. The van der Waals surface area contributed by atoms with Gasteiger partial charge in [-0.2, -0.15) is 0 Å². The van der Waals surface area contributed by atoms with Crippen molar-refractivity contribution in [1.82, 2.24) is 9.88 Å². The van der Waals surface area contributed by atoms with Gasteiger partial charge in [-0.3, -0.25) is 4.79 Å². The number of aromatic nitrogens is 2. The van der Waals surface area contributed by atoms with Crippen LogP contribution in [0.15, 0.2) is 0 Å². The highest BCUT2D eigenvalue weighted by Gasteiger charge is 2.18. The number of carbonyl (C=O) groups excluding carboxylic acids is 1. The van der Waals surface area contributed by atoms with E-state index < -0.39 is 0 Å². The van der Waals surface area contributed by atoms with E-state index in [1.54, 1.807) is 11.9 Å². The number of amides is 1. The van der Waals surface area contributed by atoms with Gasteiger partial charge in [-0.15, -0.1) is 11.6 Å². The van der Waals surface area contributed by atoms with Crippen LogP contribution in [0.25, 0.3) is 0 Å². The van der Waals surface area contributed by atoms with Crippen molar-refractivity contribution in [3.63, 3.8) is 0 Å². The van der Waals surface area contributed by atoms with Gasteiger partial charge in [-0.1, -0.05) is 0 Å². The van der Waals surface area contributed by atoms with Crippen molar-refractivity contribution in [2.75, 3.05) is 12.9 Å². The van der Waals surface area contributed by atoms with Crippen LogP contribution in [0.4, 0.5) is 0 Å². The van der Waals surface area contributed by atoms with Crippen LogP contribution < -0.4 is 17.0 Å². The summed E-state index contributed by atoms with van der Waals surface area (Å²) in [4.78, 5) is 16.2. The van der Waals surface area contributed by atoms with Gasteiger partial charge < -0.3 is 17.3 Å². The molecule has 1 aromatic rings. The monoisotopic (exact) mass is 265 g/mol. The Hall–Kier alpha value is -0.740. The lowest BCUT2D eigenvalue weighted by molar-refractivity contribution is -0.721. The predicted molar refractivity (Wildman–Crippen MR) is 58.7 cm³/mol. The van der Waals surface area contributed by atoms with Gasteiger partial charge in [0.05, 0.1) is 0 Å². The van der Waals surface area contributed by atoms with E-state index >= 15 is 0 Å². The second-order valence-electron chi connectivity index (χ2n) is 3.72.